The number of carbonyl (C=O) groups excluding carboxylic acids is 1. The highest BCUT2D eigenvalue weighted by molar-refractivity contribution is 7.15. The van der Waals surface area contributed by atoms with Gasteiger partial charge in [-0.25, -0.2) is 15.0 Å². The molecule has 24 heavy (non-hydrogen) atoms. The van der Waals surface area contributed by atoms with Crippen LogP contribution in [0, 0.1) is 0 Å². The molecule has 3 heterocycles. The Labute approximate surface area is 145 Å². The van der Waals surface area contributed by atoms with Crippen LogP contribution < -0.4 is 10.2 Å². The molecule has 0 bridgehead atoms. The normalized spacial score (nSPS) is 17.4. The lowest BCUT2D eigenvalue weighted by Crippen LogP contribution is -2.30. The van der Waals surface area contributed by atoms with E-state index >= 15 is 0 Å². The van der Waals surface area contributed by atoms with Gasteiger partial charge >= 0.3 is 0 Å². The first-order chi connectivity index (χ1) is 11.8. The Hall–Kier alpha value is -2.02. The van der Waals surface area contributed by atoms with Crippen LogP contribution in [0.1, 0.15) is 53.2 Å². The topological polar surface area (TPSA) is 71.0 Å². The predicted octanol–water partition coefficient (Wildman–Crippen LogP) is 3.05. The van der Waals surface area contributed by atoms with Crippen LogP contribution in [0.4, 0.5) is 10.9 Å². The maximum absolute atomic E-state index is 12.5. The Kier molecular flexibility index (Phi) is 4.42. The second kappa shape index (κ2) is 6.84. The summed E-state index contributed by atoms with van der Waals surface area (Å²) in [5, 5.41) is 3.59. The van der Waals surface area contributed by atoms with Gasteiger partial charge in [-0.3, -0.25) is 10.1 Å². The van der Waals surface area contributed by atoms with E-state index in [0.29, 0.717) is 10.8 Å². The molecule has 1 N–H and O–H groups in total. The fourth-order valence-electron chi connectivity index (χ4n) is 3.33. The third-order valence-corrected chi connectivity index (χ3v) is 5.70. The number of hydrogen-bond donors (Lipinski definition) is 1. The van der Waals surface area contributed by atoms with Gasteiger partial charge < -0.3 is 4.90 Å². The van der Waals surface area contributed by atoms with Crippen molar-refractivity contribution in [2.75, 3.05) is 23.3 Å². The van der Waals surface area contributed by atoms with Crippen LogP contribution in [0.15, 0.2) is 12.4 Å². The molecule has 1 fully saturated rings. The van der Waals surface area contributed by atoms with Gasteiger partial charge in [0.15, 0.2) is 5.13 Å². The number of anilines is 2. The van der Waals surface area contributed by atoms with Gasteiger partial charge in [-0.15, -0.1) is 11.3 Å². The molecule has 1 aliphatic carbocycles. The number of amides is 1. The summed E-state index contributed by atoms with van der Waals surface area (Å²) < 4.78 is 0. The summed E-state index contributed by atoms with van der Waals surface area (Å²) in [6.45, 7) is 1.99. The lowest BCUT2D eigenvalue weighted by Gasteiger charge is -2.27. The number of carbonyl (C=O) groups is 1. The third-order valence-electron chi connectivity index (χ3n) is 4.63. The van der Waals surface area contributed by atoms with E-state index in [1.165, 1.54) is 43.3 Å². The first kappa shape index (κ1) is 15.5. The van der Waals surface area contributed by atoms with E-state index in [9.17, 15) is 4.79 Å². The molecule has 4 rings (SSSR count). The fraction of sp³-hybridized carbons (Fsp3) is 0.529. The van der Waals surface area contributed by atoms with E-state index in [-0.39, 0.29) is 5.91 Å². The maximum atomic E-state index is 12.5. The fourth-order valence-corrected chi connectivity index (χ4v) is 4.38. The van der Waals surface area contributed by atoms with Crippen LogP contribution in [-0.2, 0) is 12.8 Å². The van der Waals surface area contributed by atoms with Crippen molar-refractivity contribution in [2.24, 2.45) is 0 Å². The highest BCUT2D eigenvalue weighted by Gasteiger charge is 2.19. The minimum atomic E-state index is -0.207. The standard InChI is InChI=1S/C17H21N5OS/c23-16(21-17-20-12-6-2-3-7-14(12)24-17)13-10-15(19-11-18-13)22-8-4-1-5-9-22/h10-11H,1-9H2,(H,20,21,23). The van der Waals surface area contributed by atoms with Crippen LogP contribution in [0.2, 0.25) is 0 Å². The van der Waals surface area contributed by atoms with Crippen molar-refractivity contribution in [3.05, 3.63) is 28.7 Å². The molecular formula is C17H21N5OS. The molecule has 2 aromatic rings. The summed E-state index contributed by atoms with van der Waals surface area (Å²) in [5.74, 6) is 0.634. The van der Waals surface area contributed by atoms with Crippen molar-refractivity contribution < 1.29 is 4.79 Å². The van der Waals surface area contributed by atoms with Gasteiger partial charge in [0.2, 0.25) is 0 Å². The van der Waals surface area contributed by atoms with Gasteiger partial charge in [-0.1, -0.05) is 0 Å². The SMILES string of the molecule is O=C(Nc1nc2c(s1)CCCC2)c1cc(N2CCCCC2)ncn1. The quantitative estimate of drug-likeness (QED) is 0.927. The number of thiazole rings is 1. The van der Waals surface area contributed by atoms with Crippen molar-refractivity contribution in [1.29, 1.82) is 0 Å². The molecule has 1 aliphatic heterocycles. The molecule has 7 heteroatoms. The van der Waals surface area contributed by atoms with Crippen LogP contribution in [0.25, 0.3) is 0 Å². The van der Waals surface area contributed by atoms with E-state index in [1.807, 2.05) is 0 Å². The number of hydrogen-bond acceptors (Lipinski definition) is 6. The van der Waals surface area contributed by atoms with Gasteiger partial charge in [0.1, 0.15) is 17.8 Å². The van der Waals surface area contributed by atoms with Crippen LogP contribution in [0.5, 0.6) is 0 Å². The van der Waals surface area contributed by atoms with Gasteiger partial charge in [0.25, 0.3) is 5.91 Å². The summed E-state index contributed by atoms with van der Waals surface area (Å²) in [6.07, 6.45) is 9.61. The van der Waals surface area contributed by atoms with E-state index in [0.717, 1.165) is 37.4 Å². The number of nitrogens with zero attached hydrogens (tertiary/aromatic N) is 4. The van der Waals surface area contributed by atoms with E-state index in [2.05, 4.69) is 25.2 Å². The molecule has 0 unspecified atom stereocenters. The molecule has 0 saturated carbocycles. The maximum Gasteiger partial charge on any atom is 0.276 e. The molecule has 1 amide bonds. The Bertz CT molecular complexity index is 715. The molecular weight excluding hydrogens is 322 g/mol. The molecule has 0 spiro atoms. The second-order valence-corrected chi connectivity index (χ2v) is 7.44. The molecule has 1 saturated heterocycles. The molecule has 2 aliphatic rings. The Balaban J connectivity index is 1.48. The molecule has 126 valence electrons. The van der Waals surface area contributed by atoms with Crippen molar-refractivity contribution in [3.8, 4) is 0 Å². The first-order valence-electron chi connectivity index (χ1n) is 8.66. The molecule has 2 aromatic heterocycles. The molecule has 0 radical (unpaired) electrons. The molecule has 0 atom stereocenters. The number of aromatic nitrogens is 3. The number of aryl methyl sites for hydroxylation is 2. The van der Waals surface area contributed by atoms with Crippen LogP contribution in [0.3, 0.4) is 0 Å². The Morgan fingerprint density at radius 3 is 2.75 bits per heavy atom. The number of fused-ring (bicyclic) bond motifs is 1. The zero-order valence-corrected chi connectivity index (χ0v) is 14.4. The number of nitrogens with one attached hydrogen (secondary N) is 1. The van der Waals surface area contributed by atoms with Crippen molar-refractivity contribution in [2.45, 2.75) is 44.9 Å². The van der Waals surface area contributed by atoms with Crippen molar-refractivity contribution in [3.63, 3.8) is 0 Å². The van der Waals surface area contributed by atoms with E-state index in [4.69, 9.17) is 0 Å². The zero-order valence-electron chi connectivity index (χ0n) is 13.6. The van der Waals surface area contributed by atoms with E-state index in [1.54, 1.807) is 17.4 Å². The summed E-state index contributed by atoms with van der Waals surface area (Å²) in [5.41, 5.74) is 1.55. The lowest BCUT2D eigenvalue weighted by molar-refractivity contribution is 0.102. The first-order valence-corrected chi connectivity index (χ1v) is 9.48. The lowest BCUT2D eigenvalue weighted by atomic mass is 10.0. The highest BCUT2D eigenvalue weighted by Crippen LogP contribution is 2.29. The van der Waals surface area contributed by atoms with Crippen molar-refractivity contribution >= 4 is 28.2 Å². The van der Waals surface area contributed by atoms with Crippen LogP contribution in [-0.4, -0.2) is 33.9 Å². The Morgan fingerprint density at radius 2 is 1.92 bits per heavy atom. The molecule has 6 nitrogen and oxygen atoms in total. The minimum absolute atomic E-state index is 0.207. The Morgan fingerprint density at radius 1 is 1.08 bits per heavy atom. The van der Waals surface area contributed by atoms with Crippen LogP contribution >= 0.6 is 11.3 Å². The summed E-state index contributed by atoms with van der Waals surface area (Å²) in [6, 6.07) is 1.79. The minimum Gasteiger partial charge on any atom is -0.357 e. The molecule has 0 aromatic carbocycles. The average molecular weight is 343 g/mol. The smallest absolute Gasteiger partial charge is 0.276 e. The van der Waals surface area contributed by atoms with Gasteiger partial charge in [0, 0.05) is 24.0 Å². The second-order valence-electron chi connectivity index (χ2n) is 6.36. The monoisotopic (exact) mass is 343 g/mol. The van der Waals surface area contributed by atoms with E-state index < -0.39 is 0 Å². The largest absolute Gasteiger partial charge is 0.357 e. The zero-order chi connectivity index (χ0) is 16.4. The number of rotatable bonds is 3. The summed E-state index contributed by atoms with van der Waals surface area (Å²) in [7, 11) is 0. The van der Waals surface area contributed by atoms with Gasteiger partial charge in [-0.05, 0) is 44.9 Å². The predicted molar refractivity (Wildman–Crippen MR) is 94.8 cm³/mol. The van der Waals surface area contributed by atoms with Crippen molar-refractivity contribution in [1.82, 2.24) is 15.0 Å². The summed E-state index contributed by atoms with van der Waals surface area (Å²) >= 11 is 1.59. The number of piperidine rings is 1. The summed E-state index contributed by atoms with van der Waals surface area (Å²) in [4.78, 5) is 29.1. The third kappa shape index (κ3) is 3.26. The average Bonchev–Trinajstić information content (AvgIpc) is 3.05. The van der Waals surface area contributed by atoms with Gasteiger partial charge in [0.05, 0.1) is 5.69 Å². The van der Waals surface area contributed by atoms with Gasteiger partial charge in [-0.2, -0.15) is 0 Å². The highest BCUT2D eigenvalue weighted by atomic mass is 32.1.